The van der Waals surface area contributed by atoms with E-state index in [1.165, 1.54) is 4.90 Å². The number of carbonyl (C=O) groups is 1. The van der Waals surface area contributed by atoms with E-state index in [9.17, 15) is 9.18 Å². The second kappa shape index (κ2) is 13.1. The van der Waals surface area contributed by atoms with Crippen molar-refractivity contribution in [2.24, 2.45) is 0 Å². The number of alkyl halides is 1. The summed E-state index contributed by atoms with van der Waals surface area (Å²) >= 11 is 0. The van der Waals surface area contributed by atoms with Gasteiger partial charge in [0.05, 0.1) is 7.11 Å². The summed E-state index contributed by atoms with van der Waals surface area (Å²) in [6.45, 7) is 8.15. The van der Waals surface area contributed by atoms with E-state index >= 15 is 0 Å². The van der Waals surface area contributed by atoms with Gasteiger partial charge in [-0.05, 0) is 67.7 Å². The fourth-order valence-corrected chi connectivity index (χ4v) is 3.43. The summed E-state index contributed by atoms with van der Waals surface area (Å²) in [6.07, 6.45) is 10.5. The van der Waals surface area contributed by atoms with Crippen molar-refractivity contribution in [3.63, 3.8) is 0 Å². The van der Waals surface area contributed by atoms with Crippen LogP contribution in [0.2, 0.25) is 0 Å². The Morgan fingerprint density at radius 2 is 1.70 bits per heavy atom. The van der Waals surface area contributed by atoms with Crippen molar-refractivity contribution in [1.82, 2.24) is 4.90 Å². The number of halogens is 1. The van der Waals surface area contributed by atoms with E-state index in [-0.39, 0.29) is 0 Å². The predicted octanol–water partition coefficient (Wildman–Crippen LogP) is 6.89. The normalized spacial score (nSPS) is 12.2. The molecule has 33 heavy (non-hydrogen) atoms. The number of terminal acetylenes is 1. The van der Waals surface area contributed by atoms with Gasteiger partial charge >= 0.3 is 0 Å². The van der Waals surface area contributed by atoms with Crippen molar-refractivity contribution in [3.05, 3.63) is 88.5 Å². The van der Waals surface area contributed by atoms with Gasteiger partial charge in [0.25, 0.3) is 5.91 Å². The molecular weight excluding hydrogens is 413 g/mol. The number of rotatable bonds is 7. The van der Waals surface area contributed by atoms with Crippen LogP contribution in [0.1, 0.15) is 50.6 Å². The molecule has 0 heterocycles. The third kappa shape index (κ3) is 6.95. The highest BCUT2D eigenvalue weighted by Gasteiger charge is 2.21. The molecule has 0 aliphatic heterocycles. The van der Waals surface area contributed by atoms with E-state index in [1.807, 2.05) is 44.2 Å². The topological polar surface area (TPSA) is 29.5 Å². The van der Waals surface area contributed by atoms with E-state index in [0.717, 1.165) is 39.2 Å². The molecule has 0 aliphatic carbocycles. The molecule has 2 rings (SSSR count). The zero-order valence-corrected chi connectivity index (χ0v) is 20.6. The summed E-state index contributed by atoms with van der Waals surface area (Å²) in [7, 11) is 4.78. The quantitative estimate of drug-likeness (QED) is 0.342. The van der Waals surface area contributed by atoms with Gasteiger partial charge in [-0.15, -0.1) is 12.8 Å². The zero-order chi connectivity index (χ0) is 25.1. The molecule has 2 aromatic carbocycles. The van der Waals surface area contributed by atoms with Crippen molar-refractivity contribution in [2.75, 3.05) is 21.2 Å². The van der Waals surface area contributed by atoms with Crippen molar-refractivity contribution >= 4 is 17.1 Å². The van der Waals surface area contributed by atoms with Gasteiger partial charge in [0.1, 0.15) is 5.75 Å². The highest BCUT2D eigenvalue weighted by molar-refractivity contribution is 5.88. The number of hydrogen-bond acceptors (Lipinski definition) is 2. The average molecular weight is 448 g/mol. The number of hydrogen-bond donors (Lipinski definition) is 0. The Kier molecular flexibility index (Phi) is 10.9. The molecule has 1 unspecified atom stereocenters. The maximum absolute atomic E-state index is 14.7. The number of likely N-dealkylation sites (N-methyl/N-ethyl adjacent to an activating group) is 1. The molecule has 0 fully saturated rings. The second-order valence-electron chi connectivity index (χ2n) is 7.86. The first-order chi connectivity index (χ1) is 15.7. The van der Waals surface area contributed by atoms with Gasteiger partial charge in [0.2, 0.25) is 6.17 Å². The van der Waals surface area contributed by atoms with E-state index < -0.39 is 12.1 Å². The third-order valence-corrected chi connectivity index (χ3v) is 5.17. The SMILES string of the molecule is C#C.C/C=C(\C(/C=C(\C)c1cccc(C(F)C(=O)N(C)C)c1)=C(C)C)c1ccccc1OC. The molecule has 0 saturated heterocycles. The van der Waals surface area contributed by atoms with Crippen LogP contribution < -0.4 is 4.74 Å². The van der Waals surface area contributed by atoms with E-state index in [2.05, 4.69) is 38.8 Å². The smallest absolute Gasteiger partial charge is 0.261 e. The van der Waals surface area contributed by atoms with Crippen molar-refractivity contribution < 1.29 is 13.9 Å². The Morgan fingerprint density at radius 3 is 2.24 bits per heavy atom. The first-order valence-electron chi connectivity index (χ1n) is 10.7. The Morgan fingerprint density at radius 1 is 1.06 bits per heavy atom. The van der Waals surface area contributed by atoms with Crippen LogP contribution in [-0.4, -0.2) is 32.0 Å². The van der Waals surface area contributed by atoms with Crippen LogP contribution in [0.4, 0.5) is 4.39 Å². The lowest BCUT2D eigenvalue weighted by molar-refractivity contribution is -0.134. The minimum absolute atomic E-state index is 0.360. The average Bonchev–Trinajstić information content (AvgIpc) is 2.84. The van der Waals surface area contributed by atoms with Crippen LogP contribution in [0.5, 0.6) is 5.75 Å². The molecule has 0 aliphatic rings. The summed E-state index contributed by atoms with van der Waals surface area (Å²) in [5, 5.41) is 0. The first kappa shape index (κ1) is 27.5. The maximum atomic E-state index is 14.7. The van der Waals surface area contributed by atoms with Crippen molar-refractivity contribution in [2.45, 2.75) is 33.9 Å². The van der Waals surface area contributed by atoms with Gasteiger partial charge in [0.15, 0.2) is 0 Å². The minimum atomic E-state index is -1.68. The summed E-state index contributed by atoms with van der Waals surface area (Å²) in [5.41, 5.74) is 6.54. The Hall–Kier alpha value is -3.58. The molecule has 1 amide bonds. The molecule has 2 aromatic rings. The maximum Gasteiger partial charge on any atom is 0.261 e. The van der Waals surface area contributed by atoms with Crippen LogP contribution >= 0.6 is 0 Å². The number of nitrogens with zero attached hydrogens (tertiary/aromatic N) is 1. The van der Waals surface area contributed by atoms with Crippen LogP contribution in [0, 0.1) is 12.8 Å². The van der Waals surface area contributed by atoms with Gasteiger partial charge in [-0.25, -0.2) is 4.39 Å². The molecule has 0 spiro atoms. The lowest BCUT2D eigenvalue weighted by Crippen LogP contribution is -2.26. The number of carbonyl (C=O) groups excluding carboxylic acids is 1. The number of amides is 1. The monoisotopic (exact) mass is 447 g/mol. The molecule has 174 valence electrons. The number of benzene rings is 2. The summed E-state index contributed by atoms with van der Waals surface area (Å²) in [4.78, 5) is 13.3. The lowest BCUT2D eigenvalue weighted by atomic mass is 9.91. The third-order valence-electron chi connectivity index (χ3n) is 5.17. The van der Waals surface area contributed by atoms with Gasteiger partial charge < -0.3 is 9.64 Å². The van der Waals surface area contributed by atoms with Crippen molar-refractivity contribution in [1.29, 1.82) is 0 Å². The summed E-state index contributed by atoms with van der Waals surface area (Å²) in [5.74, 6) is 0.251. The fourth-order valence-electron chi connectivity index (χ4n) is 3.43. The van der Waals surface area contributed by atoms with E-state index in [1.54, 1.807) is 39.4 Å². The van der Waals surface area contributed by atoms with Gasteiger partial charge in [-0.3, -0.25) is 4.79 Å². The molecule has 0 bridgehead atoms. The molecule has 3 nitrogen and oxygen atoms in total. The van der Waals surface area contributed by atoms with Crippen molar-refractivity contribution in [3.8, 4) is 18.6 Å². The summed E-state index contributed by atoms with van der Waals surface area (Å²) < 4.78 is 20.2. The molecule has 0 saturated carbocycles. The molecular formula is C29H34FNO2. The van der Waals surface area contributed by atoms with Crippen LogP contribution in [-0.2, 0) is 4.79 Å². The van der Waals surface area contributed by atoms with E-state index in [0.29, 0.717) is 5.56 Å². The van der Waals surface area contributed by atoms with Crippen LogP contribution in [0.25, 0.3) is 11.1 Å². The Balaban J connectivity index is 0.00000265. The molecule has 1 atom stereocenters. The number of allylic oxidation sites excluding steroid dienone is 6. The van der Waals surface area contributed by atoms with Gasteiger partial charge in [0, 0.05) is 19.7 Å². The van der Waals surface area contributed by atoms with Crippen LogP contribution in [0.3, 0.4) is 0 Å². The van der Waals surface area contributed by atoms with E-state index in [4.69, 9.17) is 4.74 Å². The highest BCUT2D eigenvalue weighted by atomic mass is 19.1. The zero-order valence-electron chi connectivity index (χ0n) is 20.6. The predicted molar refractivity (Wildman–Crippen MR) is 138 cm³/mol. The number of methoxy groups -OCH3 is 1. The number of para-hydroxylation sites is 1. The van der Waals surface area contributed by atoms with Gasteiger partial charge in [-0.2, -0.15) is 0 Å². The number of ether oxygens (including phenoxy) is 1. The fraction of sp³-hybridized carbons (Fsp3) is 0.276. The largest absolute Gasteiger partial charge is 0.496 e. The Bertz CT molecular complexity index is 1070. The Labute approximate surface area is 198 Å². The molecule has 0 aromatic heterocycles. The molecule has 0 N–H and O–H groups in total. The summed E-state index contributed by atoms with van der Waals surface area (Å²) in [6, 6.07) is 15.1. The van der Waals surface area contributed by atoms with Gasteiger partial charge in [-0.1, -0.05) is 54.1 Å². The molecule has 4 heteroatoms. The minimum Gasteiger partial charge on any atom is -0.496 e. The second-order valence-corrected chi connectivity index (χ2v) is 7.86. The van der Waals surface area contributed by atoms with Crippen LogP contribution in [0.15, 0.2) is 71.8 Å². The lowest BCUT2D eigenvalue weighted by Gasteiger charge is -2.17. The first-order valence-corrected chi connectivity index (χ1v) is 10.7. The molecule has 0 radical (unpaired) electrons. The highest BCUT2D eigenvalue weighted by Crippen LogP contribution is 2.35. The standard InChI is InChI=1S/C27H32FNO2.C2H2/c1-8-22(23-14-9-10-15-25(23)31-7)24(18(2)3)16-19(4)20-12-11-13-21(17-20)26(28)27(30)29(5)6;1-2/h8-17,26H,1-7H3;1-2H/b19-16+,22-8-;.